The number of hydrogen-bond acceptors (Lipinski definition) is 2. The van der Waals surface area contributed by atoms with E-state index in [1.165, 1.54) is 5.56 Å². The summed E-state index contributed by atoms with van der Waals surface area (Å²) in [5.41, 5.74) is 4.10. The fourth-order valence-corrected chi connectivity index (χ4v) is 2.35. The van der Waals surface area contributed by atoms with Crippen molar-refractivity contribution in [2.24, 2.45) is 0 Å². The number of rotatable bonds is 3. The maximum Gasteiger partial charge on any atom is 0.164 e. The van der Waals surface area contributed by atoms with Gasteiger partial charge in [-0.2, -0.15) is 0 Å². The zero-order valence-corrected chi connectivity index (χ0v) is 11.4. The van der Waals surface area contributed by atoms with Crippen molar-refractivity contribution in [2.45, 2.75) is 13.3 Å². The van der Waals surface area contributed by atoms with E-state index in [-0.39, 0.29) is 0 Å². The molecule has 1 aromatic carbocycles. The molecule has 0 N–H and O–H groups in total. The van der Waals surface area contributed by atoms with Crippen LogP contribution in [0.5, 0.6) is 0 Å². The lowest BCUT2D eigenvalue weighted by atomic mass is 10.2. The molecule has 0 bridgehead atoms. The van der Waals surface area contributed by atoms with E-state index >= 15 is 0 Å². The first-order chi connectivity index (χ1) is 9.29. The summed E-state index contributed by atoms with van der Waals surface area (Å²) in [6.45, 7) is 2.08. The number of benzene rings is 1. The maximum absolute atomic E-state index is 5.87. The average Bonchev–Trinajstić information content (AvgIpc) is 2.78. The molecule has 0 amide bonds. The predicted octanol–water partition coefficient (Wildman–Crippen LogP) is 3.51. The van der Waals surface area contributed by atoms with Crippen LogP contribution in [0.1, 0.15) is 11.4 Å². The molecule has 0 aliphatic heterocycles. The van der Waals surface area contributed by atoms with Crippen LogP contribution >= 0.6 is 11.6 Å². The smallest absolute Gasteiger partial charge is 0.164 e. The van der Waals surface area contributed by atoms with Crippen LogP contribution in [0.4, 0.5) is 0 Å². The first-order valence-corrected chi connectivity index (χ1v) is 6.78. The molecule has 3 nitrogen and oxygen atoms in total. The van der Waals surface area contributed by atoms with Gasteiger partial charge in [-0.25, -0.2) is 9.97 Å². The maximum atomic E-state index is 5.87. The van der Waals surface area contributed by atoms with Gasteiger partial charge in [-0.3, -0.25) is 4.57 Å². The molecule has 0 unspecified atom stereocenters. The molecule has 2 aromatic heterocycles. The molecule has 96 valence electrons. The van der Waals surface area contributed by atoms with Gasteiger partial charge in [0.1, 0.15) is 11.3 Å². The molecule has 3 rings (SSSR count). The van der Waals surface area contributed by atoms with E-state index < -0.39 is 0 Å². The molecular formula is C15H14ClN3. The molecule has 0 atom stereocenters. The van der Waals surface area contributed by atoms with Crippen molar-refractivity contribution >= 4 is 22.8 Å². The van der Waals surface area contributed by atoms with Gasteiger partial charge in [0, 0.05) is 24.2 Å². The van der Waals surface area contributed by atoms with Gasteiger partial charge in [0.05, 0.1) is 0 Å². The average molecular weight is 272 g/mol. The molecule has 19 heavy (non-hydrogen) atoms. The Morgan fingerprint density at radius 3 is 2.68 bits per heavy atom. The lowest BCUT2D eigenvalue weighted by Crippen LogP contribution is -2.02. The Balaban J connectivity index is 2.24. The Morgan fingerprint density at radius 2 is 1.95 bits per heavy atom. The van der Waals surface area contributed by atoms with Gasteiger partial charge in [0.2, 0.25) is 0 Å². The second-order valence-electron chi connectivity index (χ2n) is 4.48. The topological polar surface area (TPSA) is 30.7 Å². The largest absolute Gasteiger partial charge is 0.281 e. The molecule has 3 aromatic rings. The fraction of sp³-hybridized carbons (Fsp3) is 0.200. The summed E-state index contributed by atoms with van der Waals surface area (Å²) in [5, 5.41) is 0. The van der Waals surface area contributed by atoms with Gasteiger partial charge in [-0.1, -0.05) is 17.7 Å². The van der Waals surface area contributed by atoms with Crippen molar-refractivity contribution in [1.82, 2.24) is 14.5 Å². The zero-order valence-electron chi connectivity index (χ0n) is 10.7. The van der Waals surface area contributed by atoms with Gasteiger partial charge in [-0.05, 0) is 31.2 Å². The van der Waals surface area contributed by atoms with Crippen molar-refractivity contribution in [2.75, 3.05) is 5.88 Å². The van der Waals surface area contributed by atoms with E-state index in [1.807, 2.05) is 12.1 Å². The zero-order chi connectivity index (χ0) is 13.2. The molecule has 0 saturated carbocycles. The Morgan fingerprint density at radius 1 is 1.16 bits per heavy atom. The number of aryl methyl sites for hydroxylation is 2. The van der Waals surface area contributed by atoms with Crippen LogP contribution in [0, 0.1) is 6.92 Å². The van der Waals surface area contributed by atoms with Crippen molar-refractivity contribution < 1.29 is 0 Å². The van der Waals surface area contributed by atoms with Crippen molar-refractivity contribution in [3.63, 3.8) is 0 Å². The number of imidazole rings is 1. The number of fused-ring (bicyclic) bond motifs is 1. The van der Waals surface area contributed by atoms with E-state index in [1.54, 1.807) is 6.20 Å². The highest BCUT2D eigenvalue weighted by atomic mass is 35.5. The van der Waals surface area contributed by atoms with Gasteiger partial charge in [0.25, 0.3) is 0 Å². The minimum Gasteiger partial charge on any atom is -0.281 e. The van der Waals surface area contributed by atoms with E-state index in [9.17, 15) is 0 Å². The summed E-state index contributed by atoms with van der Waals surface area (Å²) >= 11 is 5.87. The minimum atomic E-state index is 0.551. The molecule has 0 aliphatic carbocycles. The second kappa shape index (κ2) is 5.02. The number of nitrogens with zero attached hydrogens (tertiary/aromatic N) is 3. The lowest BCUT2D eigenvalue weighted by Gasteiger charge is -2.08. The number of aromatic nitrogens is 3. The molecule has 4 heteroatoms. The number of halogens is 1. The van der Waals surface area contributed by atoms with Crippen molar-refractivity contribution in [3.8, 4) is 5.69 Å². The summed E-state index contributed by atoms with van der Waals surface area (Å²) in [4.78, 5) is 9.06. The van der Waals surface area contributed by atoms with Crippen LogP contribution in [0.3, 0.4) is 0 Å². The summed E-state index contributed by atoms with van der Waals surface area (Å²) in [6.07, 6.45) is 2.52. The highest BCUT2D eigenvalue weighted by molar-refractivity contribution is 6.17. The van der Waals surface area contributed by atoms with Gasteiger partial charge in [-0.15, -0.1) is 11.6 Å². The highest BCUT2D eigenvalue weighted by Gasteiger charge is 2.12. The lowest BCUT2D eigenvalue weighted by molar-refractivity contribution is 0.905. The highest BCUT2D eigenvalue weighted by Crippen LogP contribution is 2.20. The molecule has 0 saturated heterocycles. The number of alkyl halides is 1. The van der Waals surface area contributed by atoms with Crippen LogP contribution in [-0.4, -0.2) is 20.4 Å². The van der Waals surface area contributed by atoms with Crippen LogP contribution in [0.15, 0.2) is 42.6 Å². The third kappa shape index (κ3) is 2.22. The SMILES string of the molecule is Cc1ccc(-n2c(CCCl)nc3cccnc32)cc1. The Hall–Kier alpha value is -1.87. The summed E-state index contributed by atoms with van der Waals surface area (Å²) < 4.78 is 2.08. The molecule has 0 radical (unpaired) electrons. The monoisotopic (exact) mass is 271 g/mol. The first-order valence-electron chi connectivity index (χ1n) is 6.25. The van der Waals surface area contributed by atoms with Crippen LogP contribution in [0.2, 0.25) is 0 Å². The van der Waals surface area contributed by atoms with Crippen molar-refractivity contribution in [1.29, 1.82) is 0 Å². The third-order valence-corrected chi connectivity index (χ3v) is 3.28. The standard InChI is InChI=1S/C15H14ClN3/c1-11-4-6-12(7-5-11)19-14(8-9-16)18-13-3-2-10-17-15(13)19/h2-7,10H,8-9H2,1H3. The third-order valence-electron chi connectivity index (χ3n) is 3.10. The molecule has 2 heterocycles. The minimum absolute atomic E-state index is 0.551. The van der Waals surface area contributed by atoms with E-state index in [2.05, 4.69) is 45.7 Å². The van der Waals surface area contributed by atoms with E-state index in [0.29, 0.717) is 5.88 Å². The van der Waals surface area contributed by atoms with Crippen LogP contribution in [0.25, 0.3) is 16.9 Å². The van der Waals surface area contributed by atoms with Crippen LogP contribution < -0.4 is 0 Å². The van der Waals surface area contributed by atoms with Crippen LogP contribution in [-0.2, 0) is 6.42 Å². The van der Waals surface area contributed by atoms with Gasteiger partial charge >= 0.3 is 0 Å². The number of hydrogen-bond donors (Lipinski definition) is 0. The van der Waals surface area contributed by atoms with E-state index in [0.717, 1.165) is 29.1 Å². The van der Waals surface area contributed by atoms with E-state index in [4.69, 9.17) is 11.6 Å². The fourth-order valence-electron chi connectivity index (χ4n) is 2.18. The molecular weight excluding hydrogens is 258 g/mol. The molecule has 0 fully saturated rings. The predicted molar refractivity (Wildman–Crippen MR) is 78.0 cm³/mol. The summed E-state index contributed by atoms with van der Waals surface area (Å²) in [5.74, 6) is 1.50. The number of pyridine rings is 1. The van der Waals surface area contributed by atoms with Gasteiger partial charge in [0.15, 0.2) is 5.65 Å². The second-order valence-corrected chi connectivity index (χ2v) is 4.86. The van der Waals surface area contributed by atoms with Crippen molar-refractivity contribution in [3.05, 3.63) is 54.0 Å². The Bertz CT molecular complexity index is 701. The molecule has 0 spiro atoms. The Labute approximate surface area is 116 Å². The quantitative estimate of drug-likeness (QED) is 0.683. The molecule has 0 aliphatic rings. The normalized spacial score (nSPS) is 11.1. The summed E-state index contributed by atoms with van der Waals surface area (Å²) in [7, 11) is 0. The van der Waals surface area contributed by atoms with Gasteiger partial charge < -0.3 is 0 Å². The first kappa shape index (κ1) is 12.2. The Kier molecular flexibility index (Phi) is 3.22. The summed E-state index contributed by atoms with van der Waals surface area (Å²) in [6, 6.07) is 12.2.